The first-order chi connectivity index (χ1) is 14.1. The molecular formula is C21H22N4O4. The van der Waals surface area contributed by atoms with Gasteiger partial charge in [0.15, 0.2) is 0 Å². The lowest BCUT2D eigenvalue weighted by Crippen LogP contribution is -2.61. The van der Waals surface area contributed by atoms with Gasteiger partial charge in [0, 0.05) is 13.1 Å². The first-order valence-corrected chi connectivity index (χ1v) is 9.30. The molecule has 3 heterocycles. The van der Waals surface area contributed by atoms with Gasteiger partial charge in [-0.3, -0.25) is 9.59 Å². The van der Waals surface area contributed by atoms with E-state index in [9.17, 15) is 9.59 Å². The maximum absolute atomic E-state index is 12.6. The average Bonchev–Trinajstić information content (AvgIpc) is 3.13. The molecule has 1 saturated heterocycles. The van der Waals surface area contributed by atoms with Crippen LogP contribution in [0.4, 0.5) is 0 Å². The molecule has 8 heteroatoms. The second-order valence-electron chi connectivity index (χ2n) is 6.95. The largest absolute Gasteiger partial charge is 0.497 e. The van der Waals surface area contributed by atoms with Gasteiger partial charge in [0.05, 0.1) is 50.2 Å². The lowest BCUT2D eigenvalue weighted by atomic mass is 10.1. The zero-order chi connectivity index (χ0) is 20.4. The zero-order valence-corrected chi connectivity index (χ0v) is 16.3. The lowest BCUT2D eigenvalue weighted by Gasteiger charge is -2.39. The predicted octanol–water partition coefficient (Wildman–Crippen LogP) is 1.53. The zero-order valence-electron chi connectivity index (χ0n) is 16.3. The molecule has 1 N–H and O–H groups in total. The fourth-order valence-corrected chi connectivity index (χ4v) is 3.33. The van der Waals surface area contributed by atoms with Crippen molar-refractivity contribution in [2.24, 2.45) is 0 Å². The Kier molecular flexibility index (Phi) is 5.07. The second-order valence-corrected chi connectivity index (χ2v) is 6.95. The number of hydrogen-bond donors (Lipinski definition) is 1. The number of amides is 2. The van der Waals surface area contributed by atoms with Crippen LogP contribution in [0.15, 0.2) is 48.8 Å². The summed E-state index contributed by atoms with van der Waals surface area (Å²) < 4.78 is 11.9. The third-order valence-corrected chi connectivity index (χ3v) is 5.05. The molecule has 0 spiro atoms. The van der Waals surface area contributed by atoms with Crippen LogP contribution < -0.4 is 14.8 Å². The van der Waals surface area contributed by atoms with E-state index < -0.39 is 0 Å². The van der Waals surface area contributed by atoms with Gasteiger partial charge in [-0.05, 0) is 29.8 Å². The highest BCUT2D eigenvalue weighted by Gasteiger charge is 2.32. The van der Waals surface area contributed by atoms with Gasteiger partial charge >= 0.3 is 0 Å². The molecule has 2 amide bonds. The summed E-state index contributed by atoms with van der Waals surface area (Å²) in [5.41, 5.74) is 2.13. The van der Waals surface area contributed by atoms with Crippen LogP contribution in [0.5, 0.6) is 11.5 Å². The molecule has 1 fully saturated rings. The smallest absolute Gasteiger partial charge is 0.255 e. The Morgan fingerprint density at radius 1 is 1.07 bits per heavy atom. The van der Waals surface area contributed by atoms with Gasteiger partial charge in [0.25, 0.3) is 5.91 Å². The lowest BCUT2D eigenvalue weighted by molar-refractivity contribution is -0.135. The molecule has 0 aliphatic carbocycles. The maximum atomic E-state index is 12.6. The Morgan fingerprint density at radius 3 is 2.45 bits per heavy atom. The molecular weight excluding hydrogens is 372 g/mol. The van der Waals surface area contributed by atoms with Crippen LogP contribution in [0.1, 0.15) is 15.9 Å². The predicted molar refractivity (Wildman–Crippen MR) is 106 cm³/mol. The van der Waals surface area contributed by atoms with Crippen LogP contribution in [0.3, 0.4) is 0 Å². The Balaban J connectivity index is 1.31. The molecule has 3 aromatic rings. The molecule has 0 radical (unpaired) electrons. The van der Waals surface area contributed by atoms with Crippen LogP contribution in [-0.4, -0.2) is 59.7 Å². The minimum Gasteiger partial charge on any atom is -0.497 e. The van der Waals surface area contributed by atoms with Crippen molar-refractivity contribution in [3.63, 3.8) is 0 Å². The highest BCUT2D eigenvalue weighted by molar-refractivity contribution is 6.01. The fraction of sp³-hybridized carbons (Fsp3) is 0.286. The number of carbonyl (C=O) groups is 2. The number of aromatic nitrogens is 2. The van der Waals surface area contributed by atoms with Crippen molar-refractivity contribution in [3.05, 3.63) is 59.9 Å². The molecule has 8 nitrogen and oxygen atoms in total. The molecule has 150 valence electrons. The molecule has 0 bridgehead atoms. The highest BCUT2D eigenvalue weighted by Crippen LogP contribution is 2.18. The maximum Gasteiger partial charge on any atom is 0.255 e. The number of nitrogens with zero attached hydrogens (tertiary/aromatic N) is 3. The van der Waals surface area contributed by atoms with Crippen molar-refractivity contribution in [3.8, 4) is 11.5 Å². The number of hydrogen-bond acceptors (Lipinski definition) is 5. The molecule has 29 heavy (non-hydrogen) atoms. The van der Waals surface area contributed by atoms with E-state index in [0.717, 1.165) is 11.3 Å². The topological polar surface area (TPSA) is 85.2 Å². The summed E-state index contributed by atoms with van der Waals surface area (Å²) in [5, 5.41) is 7.17. The van der Waals surface area contributed by atoms with Gasteiger partial charge in [-0.2, -0.15) is 5.10 Å². The van der Waals surface area contributed by atoms with E-state index in [1.807, 2.05) is 24.3 Å². The van der Waals surface area contributed by atoms with Crippen molar-refractivity contribution in [1.29, 1.82) is 0 Å². The van der Waals surface area contributed by atoms with Crippen LogP contribution >= 0.6 is 0 Å². The number of pyridine rings is 1. The normalized spacial score (nSPS) is 13.8. The molecule has 1 aliphatic heterocycles. The van der Waals surface area contributed by atoms with Gasteiger partial charge in [-0.25, -0.2) is 4.52 Å². The summed E-state index contributed by atoms with van der Waals surface area (Å²) in [6.07, 6.45) is 3.59. The summed E-state index contributed by atoms with van der Waals surface area (Å²) in [6, 6.07) is 11.0. The van der Waals surface area contributed by atoms with Gasteiger partial charge in [-0.15, -0.1) is 0 Å². The Morgan fingerprint density at radius 2 is 1.76 bits per heavy atom. The van der Waals surface area contributed by atoms with E-state index in [4.69, 9.17) is 9.47 Å². The van der Waals surface area contributed by atoms with E-state index in [2.05, 4.69) is 10.4 Å². The number of benzene rings is 1. The Labute approximate surface area is 168 Å². The number of ether oxygens (including phenoxy) is 2. The molecule has 0 atom stereocenters. The van der Waals surface area contributed by atoms with Crippen LogP contribution in [0.25, 0.3) is 5.52 Å². The van der Waals surface area contributed by atoms with Crippen LogP contribution in [0, 0.1) is 0 Å². The van der Waals surface area contributed by atoms with Crippen molar-refractivity contribution >= 4 is 17.3 Å². The van der Waals surface area contributed by atoms with Gasteiger partial charge in [-0.1, -0.05) is 12.1 Å². The number of methoxy groups -OCH3 is 2. The molecule has 0 saturated carbocycles. The highest BCUT2D eigenvalue weighted by atomic mass is 16.5. The van der Waals surface area contributed by atoms with Gasteiger partial charge < -0.3 is 19.7 Å². The molecule has 1 aromatic carbocycles. The quantitative estimate of drug-likeness (QED) is 0.686. The monoisotopic (exact) mass is 394 g/mol. The minimum atomic E-state index is -0.197. The molecule has 1 aliphatic rings. The third-order valence-electron chi connectivity index (χ3n) is 5.05. The van der Waals surface area contributed by atoms with Gasteiger partial charge in [0.1, 0.15) is 11.5 Å². The summed E-state index contributed by atoms with van der Waals surface area (Å²) >= 11 is 0. The van der Waals surface area contributed by atoms with Crippen molar-refractivity contribution < 1.29 is 19.1 Å². The molecule has 2 aromatic heterocycles. The summed E-state index contributed by atoms with van der Waals surface area (Å²) in [5.74, 6) is 1.28. The number of carbonyl (C=O) groups excluding carboxylic acids is 2. The summed E-state index contributed by atoms with van der Waals surface area (Å²) in [7, 11) is 3.19. The molecule has 4 rings (SSSR count). The number of likely N-dealkylation sites (tertiary alicyclic amines) is 1. The van der Waals surface area contributed by atoms with E-state index in [-0.39, 0.29) is 17.9 Å². The first-order valence-electron chi connectivity index (χ1n) is 9.30. The SMILES string of the molecule is COc1ccc(CC(=O)N2CC(NC(=O)c3cnn4cc(OC)ccc34)C2)cc1. The van der Waals surface area contributed by atoms with Crippen molar-refractivity contribution in [2.45, 2.75) is 12.5 Å². The van der Waals surface area contributed by atoms with Crippen LogP contribution in [-0.2, 0) is 11.2 Å². The van der Waals surface area contributed by atoms with Crippen molar-refractivity contribution in [2.75, 3.05) is 27.3 Å². The Bertz CT molecular complexity index is 1040. The minimum absolute atomic E-state index is 0.0451. The van der Waals surface area contributed by atoms with Crippen LogP contribution in [0.2, 0.25) is 0 Å². The second kappa shape index (κ2) is 7.83. The van der Waals surface area contributed by atoms with E-state index >= 15 is 0 Å². The number of fused-ring (bicyclic) bond motifs is 1. The summed E-state index contributed by atoms with van der Waals surface area (Å²) in [4.78, 5) is 26.7. The summed E-state index contributed by atoms with van der Waals surface area (Å²) in [6.45, 7) is 1.02. The van der Waals surface area contributed by atoms with E-state index in [1.165, 1.54) is 6.20 Å². The third kappa shape index (κ3) is 3.87. The van der Waals surface area contributed by atoms with Gasteiger partial charge in [0.2, 0.25) is 5.91 Å². The van der Waals surface area contributed by atoms with E-state index in [0.29, 0.717) is 36.3 Å². The van der Waals surface area contributed by atoms with Crippen molar-refractivity contribution in [1.82, 2.24) is 19.8 Å². The number of nitrogens with one attached hydrogen (secondary N) is 1. The first kappa shape index (κ1) is 18.8. The average molecular weight is 394 g/mol. The molecule has 0 unspecified atom stereocenters. The standard InChI is InChI=1S/C21H22N4O4/c1-28-16-5-3-14(4-6-16)9-20(26)24-11-15(12-24)23-21(27)18-10-22-25-13-17(29-2)7-8-19(18)25/h3-8,10,13,15H,9,11-12H2,1-2H3,(H,23,27). The Hall–Kier alpha value is -3.55. The number of rotatable bonds is 6. The van der Waals surface area contributed by atoms with E-state index in [1.54, 1.807) is 42.0 Å². The fourth-order valence-electron chi connectivity index (χ4n) is 3.33.